The van der Waals surface area contributed by atoms with E-state index in [0.29, 0.717) is 27.9 Å². The van der Waals surface area contributed by atoms with Crippen molar-refractivity contribution in [2.24, 2.45) is 7.05 Å². The second-order valence-electron chi connectivity index (χ2n) is 5.95. The van der Waals surface area contributed by atoms with Crippen LogP contribution in [0.4, 0.5) is 0 Å². The summed E-state index contributed by atoms with van der Waals surface area (Å²) < 4.78 is 6.86. The molecule has 1 N–H and O–H groups in total. The van der Waals surface area contributed by atoms with E-state index in [9.17, 15) is 9.59 Å². The van der Waals surface area contributed by atoms with Crippen LogP contribution < -0.4 is 10.1 Å². The Labute approximate surface area is 167 Å². The predicted molar refractivity (Wildman–Crippen MR) is 107 cm³/mol. The van der Waals surface area contributed by atoms with Crippen molar-refractivity contribution in [1.29, 1.82) is 0 Å². The molecular formula is C20H20N4O3S. The molecule has 0 saturated heterocycles. The molecule has 0 aliphatic carbocycles. The molecule has 0 aliphatic heterocycles. The average molecular weight is 396 g/mol. The first kappa shape index (κ1) is 19.6. The fourth-order valence-corrected chi connectivity index (χ4v) is 3.29. The standard InChI is InChI=1S/C20H20N4O3S/c1-24-18(12-21-19(26)15-8-10-16(27-2)11-9-15)22-23-20(24)28-13-17(25)14-6-4-3-5-7-14/h3-11H,12-13H2,1-2H3,(H,21,26). The second-order valence-corrected chi connectivity index (χ2v) is 6.89. The van der Waals surface area contributed by atoms with E-state index < -0.39 is 0 Å². The Balaban J connectivity index is 1.55. The van der Waals surface area contributed by atoms with Gasteiger partial charge >= 0.3 is 0 Å². The number of amides is 1. The van der Waals surface area contributed by atoms with Crippen LogP contribution in [-0.4, -0.2) is 39.3 Å². The number of nitrogens with one attached hydrogen (secondary N) is 1. The van der Waals surface area contributed by atoms with Crippen molar-refractivity contribution >= 4 is 23.5 Å². The molecule has 0 bridgehead atoms. The monoisotopic (exact) mass is 396 g/mol. The van der Waals surface area contributed by atoms with Gasteiger partial charge in [0.15, 0.2) is 16.8 Å². The molecule has 3 aromatic rings. The number of methoxy groups -OCH3 is 1. The lowest BCUT2D eigenvalue weighted by molar-refractivity contribution is 0.0948. The maximum atomic E-state index is 12.2. The van der Waals surface area contributed by atoms with Gasteiger partial charge in [-0.2, -0.15) is 0 Å². The fourth-order valence-electron chi connectivity index (χ4n) is 2.47. The van der Waals surface area contributed by atoms with E-state index in [0.717, 1.165) is 0 Å². The zero-order valence-corrected chi connectivity index (χ0v) is 16.4. The molecule has 3 rings (SSSR count). The number of Topliss-reactive ketones (excluding diaryl/α,β-unsaturated/α-hetero) is 1. The summed E-state index contributed by atoms with van der Waals surface area (Å²) in [5, 5.41) is 11.7. The number of benzene rings is 2. The zero-order valence-electron chi connectivity index (χ0n) is 15.6. The smallest absolute Gasteiger partial charge is 0.251 e. The third kappa shape index (κ3) is 4.77. The van der Waals surface area contributed by atoms with E-state index in [1.54, 1.807) is 48.1 Å². The van der Waals surface area contributed by atoms with Crippen LogP contribution in [0, 0.1) is 0 Å². The highest BCUT2D eigenvalue weighted by molar-refractivity contribution is 7.99. The van der Waals surface area contributed by atoms with Crippen LogP contribution in [0.1, 0.15) is 26.5 Å². The molecule has 0 spiro atoms. The molecule has 7 nitrogen and oxygen atoms in total. The minimum absolute atomic E-state index is 0.0305. The summed E-state index contributed by atoms with van der Waals surface area (Å²) in [6, 6.07) is 16.0. The predicted octanol–water partition coefficient (Wildman–Crippen LogP) is 2.73. The third-order valence-electron chi connectivity index (χ3n) is 4.11. The molecule has 2 aromatic carbocycles. The SMILES string of the molecule is COc1ccc(C(=O)NCc2nnc(SCC(=O)c3ccccc3)n2C)cc1. The normalized spacial score (nSPS) is 10.5. The highest BCUT2D eigenvalue weighted by atomic mass is 32.2. The third-order valence-corrected chi connectivity index (χ3v) is 5.13. The molecule has 0 fully saturated rings. The van der Waals surface area contributed by atoms with E-state index in [1.165, 1.54) is 11.8 Å². The van der Waals surface area contributed by atoms with Crippen LogP contribution in [0.15, 0.2) is 59.8 Å². The van der Waals surface area contributed by atoms with Crippen LogP contribution in [0.25, 0.3) is 0 Å². The van der Waals surface area contributed by atoms with Crippen molar-refractivity contribution in [3.63, 3.8) is 0 Å². The Morgan fingerprint density at radius 3 is 2.43 bits per heavy atom. The molecule has 144 valence electrons. The first-order valence-corrected chi connectivity index (χ1v) is 9.58. The van der Waals surface area contributed by atoms with Gasteiger partial charge in [0.25, 0.3) is 5.91 Å². The van der Waals surface area contributed by atoms with Crippen LogP contribution in [-0.2, 0) is 13.6 Å². The van der Waals surface area contributed by atoms with Crippen LogP contribution in [0.3, 0.4) is 0 Å². The molecule has 0 radical (unpaired) electrons. The molecule has 1 aromatic heterocycles. The van der Waals surface area contributed by atoms with Gasteiger partial charge in [0.1, 0.15) is 5.75 Å². The lowest BCUT2D eigenvalue weighted by Crippen LogP contribution is -2.24. The minimum atomic E-state index is -0.209. The Bertz CT molecular complexity index is 955. The van der Waals surface area contributed by atoms with Crippen LogP contribution in [0.2, 0.25) is 0 Å². The summed E-state index contributed by atoms with van der Waals surface area (Å²) in [6.07, 6.45) is 0. The van der Waals surface area contributed by atoms with Gasteiger partial charge in [-0.15, -0.1) is 10.2 Å². The maximum absolute atomic E-state index is 12.2. The number of carbonyl (C=O) groups excluding carboxylic acids is 2. The van der Waals surface area contributed by atoms with Crippen molar-refractivity contribution in [3.05, 3.63) is 71.5 Å². The molecule has 0 atom stereocenters. The van der Waals surface area contributed by atoms with Gasteiger partial charge in [0.2, 0.25) is 0 Å². The maximum Gasteiger partial charge on any atom is 0.251 e. The largest absolute Gasteiger partial charge is 0.497 e. The first-order chi connectivity index (χ1) is 13.6. The molecule has 28 heavy (non-hydrogen) atoms. The lowest BCUT2D eigenvalue weighted by atomic mass is 10.2. The lowest BCUT2D eigenvalue weighted by Gasteiger charge is -2.07. The summed E-state index contributed by atoms with van der Waals surface area (Å²) in [5.41, 5.74) is 1.20. The van der Waals surface area contributed by atoms with Gasteiger partial charge in [-0.1, -0.05) is 42.1 Å². The number of rotatable bonds is 8. The Morgan fingerprint density at radius 2 is 1.75 bits per heavy atom. The van der Waals surface area contributed by atoms with Crippen molar-refractivity contribution in [1.82, 2.24) is 20.1 Å². The molecule has 0 saturated carbocycles. The van der Waals surface area contributed by atoms with Crippen molar-refractivity contribution < 1.29 is 14.3 Å². The van der Waals surface area contributed by atoms with Gasteiger partial charge in [-0.3, -0.25) is 9.59 Å². The van der Waals surface area contributed by atoms with Crippen LogP contribution in [0.5, 0.6) is 5.75 Å². The second kappa shape index (κ2) is 9.18. The Hall–Kier alpha value is -3.13. The van der Waals surface area contributed by atoms with E-state index in [1.807, 2.05) is 25.2 Å². The highest BCUT2D eigenvalue weighted by Gasteiger charge is 2.13. The van der Waals surface area contributed by atoms with Gasteiger partial charge in [0.05, 0.1) is 19.4 Å². The Morgan fingerprint density at radius 1 is 1.04 bits per heavy atom. The number of ether oxygens (including phenoxy) is 1. The summed E-state index contributed by atoms with van der Waals surface area (Å²) >= 11 is 1.32. The summed E-state index contributed by atoms with van der Waals surface area (Å²) in [7, 11) is 3.39. The number of carbonyl (C=O) groups is 2. The topological polar surface area (TPSA) is 86.1 Å². The summed E-state index contributed by atoms with van der Waals surface area (Å²) in [6.45, 7) is 0.238. The van der Waals surface area contributed by atoms with E-state index in [4.69, 9.17) is 4.74 Å². The zero-order chi connectivity index (χ0) is 19.9. The van der Waals surface area contributed by atoms with Crippen LogP contribution >= 0.6 is 11.8 Å². The van der Waals surface area contributed by atoms with Gasteiger partial charge in [0, 0.05) is 18.2 Å². The van der Waals surface area contributed by atoms with E-state index in [-0.39, 0.29) is 24.0 Å². The number of aromatic nitrogens is 3. The van der Waals surface area contributed by atoms with Crippen molar-refractivity contribution in [3.8, 4) is 5.75 Å². The summed E-state index contributed by atoms with van der Waals surface area (Å²) in [4.78, 5) is 24.5. The quantitative estimate of drug-likeness (QED) is 0.465. The molecule has 8 heteroatoms. The molecular weight excluding hydrogens is 376 g/mol. The molecule has 1 heterocycles. The number of hydrogen-bond donors (Lipinski definition) is 1. The molecule has 0 aliphatic rings. The van der Waals surface area contributed by atoms with Gasteiger partial charge in [-0.25, -0.2) is 0 Å². The molecule has 1 amide bonds. The number of thioether (sulfide) groups is 1. The summed E-state index contributed by atoms with van der Waals surface area (Å²) in [5.74, 6) is 1.39. The van der Waals surface area contributed by atoms with Gasteiger partial charge in [-0.05, 0) is 24.3 Å². The van der Waals surface area contributed by atoms with E-state index in [2.05, 4.69) is 15.5 Å². The highest BCUT2D eigenvalue weighted by Crippen LogP contribution is 2.17. The minimum Gasteiger partial charge on any atom is -0.497 e. The number of nitrogens with zero attached hydrogens (tertiary/aromatic N) is 3. The number of hydrogen-bond acceptors (Lipinski definition) is 6. The van der Waals surface area contributed by atoms with Crippen molar-refractivity contribution in [2.45, 2.75) is 11.7 Å². The Kier molecular flexibility index (Phi) is 6.44. The van der Waals surface area contributed by atoms with Gasteiger partial charge < -0.3 is 14.6 Å². The average Bonchev–Trinajstić information content (AvgIpc) is 3.10. The van der Waals surface area contributed by atoms with E-state index >= 15 is 0 Å². The molecule has 0 unspecified atom stereocenters. The number of ketones is 1. The first-order valence-electron chi connectivity index (χ1n) is 8.60. The van der Waals surface area contributed by atoms with Crippen molar-refractivity contribution in [2.75, 3.05) is 12.9 Å². The fraction of sp³-hybridized carbons (Fsp3) is 0.200.